The van der Waals surface area contributed by atoms with Gasteiger partial charge in [0.25, 0.3) is 0 Å². The van der Waals surface area contributed by atoms with Crippen LogP contribution in [0.2, 0.25) is 0 Å². The Morgan fingerprint density at radius 3 is 2.93 bits per heavy atom. The first kappa shape index (κ1) is 10.7. The fourth-order valence-electron chi connectivity index (χ4n) is 2.12. The summed E-state index contributed by atoms with van der Waals surface area (Å²) in [7, 11) is 0. The summed E-state index contributed by atoms with van der Waals surface area (Å²) in [5.41, 5.74) is 1.40. The summed E-state index contributed by atoms with van der Waals surface area (Å²) in [5, 5.41) is 0. The zero-order chi connectivity index (χ0) is 10.9. The summed E-state index contributed by atoms with van der Waals surface area (Å²) >= 11 is 0. The van der Waals surface area contributed by atoms with E-state index in [9.17, 15) is 4.79 Å². The molecule has 0 aromatic carbocycles. The van der Waals surface area contributed by atoms with Crippen molar-refractivity contribution in [1.82, 2.24) is 0 Å². The predicted octanol–water partition coefficient (Wildman–Crippen LogP) is 2.06. The molecule has 3 nitrogen and oxygen atoms in total. The molecule has 1 saturated heterocycles. The number of epoxide rings is 1. The van der Waals surface area contributed by atoms with Gasteiger partial charge < -0.3 is 9.47 Å². The first-order chi connectivity index (χ1) is 7.10. The SMILES string of the molecule is CC(=O)OCC1=CCC([C@@]2(C)CO2)CC1. The van der Waals surface area contributed by atoms with E-state index in [0.717, 1.165) is 25.9 Å². The van der Waals surface area contributed by atoms with Crippen molar-refractivity contribution in [3.63, 3.8) is 0 Å². The van der Waals surface area contributed by atoms with E-state index < -0.39 is 0 Å². The van der Waals surface area contributed by atoms with Crippen LogP contribution >= 0.6 is 0 Å². The quantitative estimate of drug-likeness (QED) is 0.406. The third-order valence-electron chi connectivity index (χ3n) is 3.43. The molecule has 0 spiro atoms. The Bertz CT molecular complexity index is 289. The first-order valence-corrected chi connectivity index (χ1v) is 5.55. The smallest absolute Gasteiger partial charge is 0.302 e. The lowest BCUT2D eigenvalue weighted by Gasteiger charge is -2.24. The summed E-state index contributed by atoms with van der Waals surface area (Å²) in [6.07, 6.45) is 5.47. The molecule has 1 fully saturated rings. The highest BCUT2D eigenvalue weighted by molar-refractivity contribution is 5.66. The van der Waals surface area contributed by atoms with E-state index >= 15 is 0 Å². The average Bonchev–Trinajstić information content (AvgIpc) is 2.96. The first-order valence-electron chi connectivity index (χ1n) is 5.55. The standard InChI is InChI=1S/C12H18O3/c1-9(13)14-7-10-3-5-11(6-4-10)12(2)8-15-12/h3,11H,4-8H2,1-2H3/t11?,12-/m1/s1. The van der Waals surface area contributed by atoms with Crippen LogP contribution in [-0.4, -0.2) is 24.8 Å². The van der Waals surface area contributed by atoms with Crippen molar-refractivity contribution in [3.8, 4) is 0 Å². The molecule has 0 amide bonds. The average molecular weight is 210 g/mol. The van der Waals surface area contributed by atoms with E-state index in [-0.39, 0.29) is 11.6 Å². The monoisotopic (exact) mass is 210 g/mol. The van der Waals surface area contributed by atoms with Gasteiger partial charge in [-0.05, 0) is 37.7 Å². The third-order valence-corrected chi connectivity index (χ3v) is 3.43. The Morgan fingerprint density at radius 2 is 2.47 bits per heavy atom. The lowest BCUT2D eigenvalue weighted by Crippen LogP contribution is -2.23. The van der Waals surface area contributed by atoms with Gasteiger partial charge in [0.05, 0.1) is 12.2 Å². The number of esters is 1. The minimum Gasteiger partial charge on any atom is -0.461 e. The zero-order valence-electron chi connectivity index (χ0n) is 9.41. The van der Waals surface area contributed by atoms with E-state index in [0.29, 0.717) is 12.5 Å². The predicted molar refractivity (Wildman–Crippen MR) is 56.4 cm³/mol. The van der Waals surface area contributed by atoms with E-state index in [4.69, 9.17) is 9.47 Å². The molecule has 15 heavy (non-hydrogen) atoms. The van der Waals surface area contributed by atoms with Crippen molar-refractivity contribution in [2.75, 3.05) is 13.2 Å². The van der Waals surface area contributed by atoms with Crippen LogP contribution in [-0.2, 0) is 14.3 Å². The molecule has 2 aliphatic rings. The molecule has 1 unspecified atom stereocenters. The largest absolute Gasteiger partial charge is 0.461 e. The van der Waals surface area contributed by atoms with E-state index in [1.165, 1.54) is 12.5 Å². The van der Waals surface area contributed by atoms with Crippen molar-refractivity contribution < 1.29 is 14.3 Å². The number of hydrogen-bond donors (Lipinski definition) is 0. The summed E-state index contributed by atoms with van der Waals surface area (Å²) < 4.78 is 10.4. The van der Waals surface area contributed by atoms with Crippen LogP contribution in [0.25, 0.3) is 0 Å². The lowest BCUT2D eigenvalue weighted by atomic mass is 9.82. The minimum absolute atomic E-state index is 0.142. The summed E-state index contributed by atoms with van der Waals surface area (Å²) in [4.78, 5) is 10.7. The second kappa shape index (κ2) is 3.97. The fourth-order valence-corrected chi connectivity index (χ4v) is 2.12. The maximum atomic E-state index is 10.7. The van der Waals surface area contributed by atoms with E-state index in [2.05, 4.69) is 13.0 Å². The van der Waals surface area contributed by atoms with Gasteiger partial charge in [-0.25, -0.2) is 0 Å². The van der Waals surface area contributed by atoms with Gasteiger partial charge in [-0.15, -0.1) is 0 Å². The number of carbonyl (C=O) groups excluding carboxylic acids is 1. The highest BCUT2D eigenvalue weighted by Crippen LogP contribution is 2.42. The van der Waals surface area contributed by atoms with Crippen molar-refractivity contribution in [2.45, 2.75) is 38.7 Å². The third kappa shape index (κ3) is 2.59. The van der Waals surface area contributed by atoms with Crippen LogP contribution in [0.5, 0.6) is 0 Å². The van der Waals surface area contributed by atoms with Crippen LogP contribution in [0.3, 0.4) is 0 Å². The summed E-state index contributed by atoms with van der Waals surface area (Å²) in [6, 6.07) is 0. The molecular weight excluding hydrogens is 192 g/mol. The van der Waals surface area contributed by atoms with Crippen LogP contribution in [0.4, 0.5) is 0 Å². The molecule has 0 aromatic heterocycles. The number of rotatable bonds is 3. The Morgan fingerprint density at radius 1 is 1.73 bits per heavy atom. The topological polar surface area (TPSA) is 38.8 Å². The second-order valence-electron chi connectivity index (χ2n) is 4.72. The van der Waals surface area contributed by atoms with E-state index in [1.807, 2.05) is 0 Å². The molecule has 0 N–H and O–H groups in total. The normalized spacial score (nSPS) is 34.5. The van der Waals surface area contributed by atoms with Crippen LogP contribution in [0, 0.1) is 5.92 Å². The fraction of sp³-hybridized carbons (Fsp3) is 0.750. The van der Waals surface area contributed by atoms with Crippen LogP contribution in [0.1, 0.15) is 33.1 Å². The van der Waals surface area contributed by atoms with Crippen molar-refractivity contribution >= 4 is 5.97 Å². The molecule has 2 atom stereocenters. The van der Waals surface area contributed by atoms with Gasteiger partial charge in [0.15, 0.2) is 0 Å². The van der Waals surface area contributed by atoms with Crippen LogP contribution < -0.4 is 0 Å². The Kier molecular flexibility index (Phi) is 2.83. The van der Waals surface area contributed by atoms with Gasteiger partial charge >= 0.3 is 5.97 Å². The number of ether oxygens (including phenoxy) is 2. The Labute approximate surface area is 90.4 Å². The van der Waals surface area contributed by atoms with E-state index in [1.54, 1.807) is 0 Å². The number of allylic oxidation sites excluding steroid dienone is 1. The van der Waals surface area contributed by atoms with Crippen molar-refractivity contribution in [1.29, 1.82) is 0 Å². The van der Waals surface area contributed by atoms with Crippen molar-refractivity contribution in [3.05, 3.63) is 11.6 Å². The molecule has 84 valence electrons. The summed E-state index contributed by atoms with van der Waals surface area (Å²) in [6.45, 7) is 5.01. The molecular formula is C12H18O3. The number of carbonyl (C=O) groups is 1. The molecule has 1 aliphatic heterocycles. The Balaban J connectivity index is 1.81. The maximum absolute atomic E-state index is 10.7. The molecule has 0 saturated carbocycles. The highest BCUT2D eigenvalue weighted by Gasteiger charge is 2.46. The molecule has 1 aliphatic carbocycles. The number of hydrogen-bond acceptors (Lipinski definition) is 3. The zero-order valence-corrected chi connectivity index (χ0v) is 9.41. The molecule has 0 radical (unpaired) electrons. The van der Waals surface area contributed by atoms with Gasteiger partial charge in [0.1, 0.15) is 6.61 Å². The molecule has 2 rings (SSSR count). The summed E-state index contributed by atoms with van der Waals surface area (Å²) in [5.74, 6) is 0.453. The molecule has 1 heterocycles. The lowest BCUT2D eigenvalue weighted by molar-refractivity contribution is -0.140. The maximum Gasteiger partial charge on any atom is 0.302 e. The molecule has 0 bridgehead atoms. The molecule has 3 heteroatoms. The van der Waals surface area contributed by atoms with Crippen molar-refractivity contribution in [2.24, 2.45) is 5.92 Å². The molecule has 0 aromatic rings. The van der Waals surface area contributed by atoms with Crippen LogP contribution in [0.15, 0.2) is 11.6 Å². The van der Waals surface area contributed by atoms with Gasteiger partial charge in [-0.3, -0.25) is 4.79 Å². The minimum atomic E-state index is -0.199. The highest BCUT2D eigenvalue weighted by atomic mass is 16.6. The Hall–Kier alpha value is -0.830. The second-order valence-corrected chi connectivity index (χ2v) is 4.72. The van der Waals surface area contributed by atoms with Gasteiger partial charge in [0.2, 0.25) is 0 Å². The van der Waals surface area contributed by atoms with Gasteiger partial charge in [-0.2, -0.15) is 0 Å². The van der Waals surface area contributed by atoms with Gasteiger partial charge in [-0.1, -0.05) is 6.08 Å². The van der Waals surface area contributed by atoms with Gasteiger partial charge in [0, 0.05) is 6.92 Å².